The molecule has 1 saturated heterocycles. The van der Waals surface area contributed by atoms with E-state index in [1.807, 2.05) is 47.1 Å². The Hall–Kier alpha value is -4.24. The molecule has 3 N–H and O–H groups in total. The fourth-order valence-electron chi connectivity index (χ4n) is 4.35. The number of carbonyl (C=O) groups excluding carboxylic acids is 1. The van der Waals surface area contributed by atoms with Crippen molar-refractivity contribution < 1.29 is 9.53 Å². The molecule has 4 aromatic rings. The molecule has 0 spiro atoms. The number of nitrogen functional groups attached to an aromatic ring is 1. The number of carbonyl (C=O) groups is 1. The molecule has 0 unspecified atom stereocenters. The van der Waals surface area contributed by atoms with Gasteiger partial charge in [0.05, 0.1) is 17.1 Å². The zero-order valence-corrected chi connectivity index (χ0v) is 19.5. The number of hydrogen-bond donors (Lipinski definition) is 2. The number of nitrogens with one attached hydrogen (secondary N) is 1. The van der Waals surface area contributed by atoms with Crippen LogP contribution in [0.4, 0.5) is 11.5 Å². The summed E-state index contributed by atoms with van der Waals surface area (Å²) in [4.78, 5) is 23.2. The zero-order valence-electron chi connectivity index (χ0n) is 19.5. The minimum atomic E-state index is -0.343. The van der Waals surface area contributed by atoms with E-state index in [9.17, 15) is 4.79 Å². The first kappa shape index (κ1) is 22.5. The van der Waals surface area contributed by atoms with Crippen molar-refractivity contribution in [2.75, 3.05) is 31.2 Å². The molecule has 178 valence electrons. The summed E-state index contributed by atoms with van der Waals surface area (Å²) < 4.78 is 8.02. The topological polar surface area (TPSA) is 111 Å². The number of nitrogens with zero attached hydrogens (tertiary/aromatic N) is 5. The quantitative estimate of drug-likeness (QED) is 0.406. The number of fused-ring (bicyclic) bond motifs is 1. The van der Waals surface area contributed by atoms with Crippen LogP contribution in [0.1, 0.15) is 18.9 Å². The molecule has 9 heteroatoms. The number of para-hydroxylation sites is 1. The highest BCUT2D eigenvalue weighted by atomic mass is 16.5. The van der Waals surface area contributed by atoms with Crippen molar-refractivity contribution in [1.82, 2.24) is 24.6 Å². The molecular formula is C26H27N7O2. The second-order valence-corrected chi connectivity index (χ2v) is 8.60. The maximum Gasteiger partial charge on any atom is 0.247 e. The average Bonchev–Trinajstić information content (AvgIpc) is 3.27. The summed E-state index contributed by atoms with van der Waals surface area (Å²) in [5, 5.41) is 8.51. The van der Waals surface area contributed by atoms with Gasteiger partial charge in [-0.05, 0) is 69.4 Å². The number of likely N-dealkylation sites (tertiary alicyclic amines) is 1. The number of aromatic nitrogens is 4. The number of hydrogen-bond acceptors (Lipinski definition) is 7. The number of nitrogens with two attached hydrogens (primary N) is 1. The molecular weight excluding hydrogens is 442 g/mol. The number of piperidine rings is 1. The number of amides is 1. The zero-order chi connectivity index (χ0) is 24.4. The van der Waals surface area contributed by atoms with Crippen molar-refractivity contribution in [2.24, 2.45) is 0 Å². The third kappa shape index (κ3) is 4.58. The molecule has 2 aromatic heterocycles. The molecule has 0 aliphatic carbocycles. The van der Waals surface area contributed by atoms with E-state index >= 15 is 0 Å². The van der Waals surface area contributed by atoms with Gasteiger partial charge in [-0.1, -0.05) is 24.8 Å². The lowest BCUT2D eigenvalue weighted by Crippen LogP contribution is -2.31. The van der Waals surface area contributed by atoms with Crippen LogP contribution in [0.2, 0.25) is 0 Å². The largest absolute Gasteiger partial charge is 0.455 e. The van der Waals surface area contributed by atoms with Gasteiger partial charge in [0.2, 0.25) is 5.91 Å². The Labute approximate surface area is 203 Å². The van der Waals surface area contributed by atoms with Crippen molar-refractivity contribution in [3.05, 3.63) is 67.5 Å². The highest BCUT2D eigenvalue weighted by molar-refractivity contribution is 6.02. The number of ether oxygens (including phenoxy) is 1. The van der Waals surface area contributed by atoms with Gasteiger partial charge in [0.15, 0.2) is 11.4 Å². The standard InChI is InChI=1S/C26H27N7O2/c1-3-22(34)30-20-15-17(9-10-21(20)35-19-7-5-4-6-8-19)24-23-25(27)28-16-29-26(23)33(31-24)18-11-13-32(2)14-12-18/h3-10,15-16,18H,1,11-14H2,2H3,(H,30,34)(H2,27,28,29). The second-order valence-electron chi connectivity index (χ2n) is 8.60. The Balaban J connectivity index is 1.60. The Morgan fingerprint density at radius 2 is 1.94 bits per heavy atom. The minimum Gasteiger partial charge on any atom is -0.455 e. The molecule has 2 aromatic carbocycles. The van der Waals surface area contributed by atoms with Gasteiger partial charge in [-0.15, -0.1) is 0 Å². The molecule has 1 amide bonds. The van der Waals surface area contributed by atoms with Crippen molar-refractivity contribution in [3.8, 4) is 22.8 Å². The molecule has 0 radical (unpaired) electrons. The predicted octanol–water partition coefficient (Wildman–Crippen LogP) is 4.26. The highest BCUT2D eigenvalue weighted by Gasteiger charge is 2.25. The third-order valence-electron chi connectivity index (χ3n) is 6.22. The van der Waals surface area contributed by atoms with Gasteiger partial charge in [0.25, 0.3) is 0 Å². The fourth-order valence-corrected chi connectivity index (χ4v) is 4.35. The molecule has 9 nitrogen and oxygen atoms in total. The Morgan fingerprint density at radius 1 is 1.17 bits per heavy atom. The van der Waals surface area contributed by atoms with Crippen molar-refractivity contribution in [3.63, 3.8) is 0 Å². The smallest absolute Gasteiger partial charge is 0.247 e. The lowest BCUT2D eigenvalue weighted by Gasteiger charge is -2.29. The molecule has 1 fully saturated rings. The van der Waals surface area contributed by atoms with Crippen LogP contribution in [0, 0.1) is 0 Å². The van der Waals surface area contributed by atoms with E-state index in [-0.39, 0.29) is 11.9 Å². The van der Waals surface area contributed by atoms with Gasteiger partial charge >= 0.3 is 0 Å². The van der Waals surface area contributed by atoms with Crippen LogP contribution in [0.15, 0.2) is 67.5 Å². The lowest BCUT2D eigenvalue weighted by atomic mass is 10.1. The van der Waals surface area contributed by atoms with E-state index in [2.05, 4.69) is 33.8 Å². The van der Waals surface area contributed by atoms with Gasteiger partial charge in [-0.2, -0.15) is 5.10 Å². The third-order valence-corrected chi connectivity index (χ3v) is 6.22. The van der Waals surface area contributed by atoms with Crippen LogP contribution in [0.5, 0.6) is 11.5 Å². The molecule has 1 aliphatic rings. The minimum absolute atomic E-state index is 0.220. The molecule has 1 aliphatic heterocycles. The maximum absolute atomic E-state index is 12.2. The highest BCUT2D eigenvalue weighted by Crippen LogP contribution is 2.38. The van der Waals surface area contributed by atoms with E-state index in [0.29, 0.717) is 39.7 Å². The predicted molar refractivity (Wildman–Crippen MR) is 136 cm³/mol. The van der Waals surface area contributed by atoms with Gasteiger partial charge in [-0.3, -0.25) is 4.79 Å². The van der Waals surface area contributed by atoms with E-state index in [0.717, 1.165) is 31.5 Å². The summed E-state index contributed by atoms with van der Waals surface area (Å²) in [6, 6.07) is 15.1. The Bertz CT molecular complexity index is 1380. The normalized spacial score (nSPS) is 14.7. The summed E-state index contributed by atoms with van der Waals surface area (Å²) in [5.74, 6) is 1.18. The van der Waals surface area contributed by atoms with Crippen LogP contribution < -0.4 is 15.8 Å². The summed E-state index contributed by atoms with van der Waals surface area (Å²) in [6.07, 6.45) is 4.64. The van der Waals surface area contributed by atoms with E-state index < -0.39 is 0 Å². The lowest BCUT2D eigenvalue weighted by molar-refractivity contribution is -0.111. The first-order valence-electron chi connectivity index (χ1n) is 11.5. The van der Waals surface area contributed by atoms with Gasteiger partial charge < -0.3 is 20.7 Å². The monoisotopic (exact) mass is 469 g/mol. The first-order chi connectivity index (χ1) is 17.0. The Morgan fingerprint density at radius 3 is 2.69 bits per heavy atom. The summed E-state index contributed by atoms with van der Waals surface area (Å²) in [7, 11) is 2.13. The number of benzene rings is 2. The van der Waals surface area contributed by atoms with E-state index in [1.165, 1.54) is 12.4 Å². The molecule has 0 saturated carbocycles. The Kier molecular flexibility index (Phi) is 6.15. The van der Waals surface area contributed by atoms with E-state index in [4.69, 9.17) is 15.6 Å². The van der Waals surface area contributed by atoms with Crippen LogP contribution in [0.3, 0.4) is 0 Å². The molecule has 35 heavy (non-hydrogen) atoms. The molecule has 0 atom stereocenters. The number of anilines is 2. The van der Waals surface area contributed by atoms with Gasteiger partial charge in [0.1, 0.15) is 23.6 Å². The van der Waals surface area contributed by atoms with Crippen LogP contribution in [0.25, 0.3) is 22.3 Å². The number of rotatable bonds is 6. The van der Waals surface area contributed by atoms with Gasteiger partial charge in [0, 0.05) is 5.56 Å². The molecule has 5 rings (SSSR count). The van der Waals surface area contributed by atoms with Crippen LogP contribution in [-0.2, 0) is 4.79 Å². The second kappa shape index (κ2) is 9.55. The van der Waals surface area contributed by atoms with Crippen LogP contribution >= 0.6 is 0 Å². The fraction of sp³-hybridized carbons (Fsp3) is 0.231. The summed E-state index contributed by atoms with van der Waals surface area (Å²) in [6.45, 7) is 5.54. The van der Waals surface area contributed by atoms with Gasteiger partial charge in [-0.25, -0.2) is 14.6 Å². The molecule has 3 heterocycles. The average molecular weight is 470 g/mol. The van der Waals surface area contributed by atoms with Crippen molar-refractivity contribution in [1.29, 1.82) is 0 Å². The first-order valence-corrected chi connectivity index (χ1v) is 11.5. The van der Waals surface area contributed by atoms with Crippen molar-refractivity contribution >= 4 is 28.4 Å². The van der Waals surface area contributed by atoms with Crippen molar-refractivity contribution in [2.45, 2.75) is 18.9 Å². The summed E-state index contributed by atoms with van der Waals surface area (Å²) in [5.41, 5.74) is 8.95. The SMILES string of the molecule is C=CC(=O)Nc1cc(-c2nn(C3CCN(C)CC3)c3ncnc(N)c23)ccc1Oc1ccccc1. The van der Waals surface area contributed by atoms with E-state index in [1.54, 1.807) is 6.07 Å². The summed E-state index contributed by atoms with van der Waals surface area (Å²) >= 11 is 0. The van der Waals surface area contributed by atoms with Crippen LogP contribution in [-0.4, -0.2) is 50.7 Å². The maximum atomic E-state index is 12.2. The molecule has 0 bridgehead atoms.